The molecule has 0 spiro atoms. The first-order valence-electron chi connectivity index (χ1n) is 16.0. The van der Waals surface area contributed by atoms with Gasteiger partial charge in [0.1, 0.15) is 5.75 Å². The number of hydrogen-bond acceptors (Lipinski definition) is 12. The number of carboxylic acids is 1. The maximum absolute atomic E-state index is 13.0. The maximum Gasteiger partial charge on any atom is 0.345 e. The lowest BCUT2D eigenvalue weighted by atomic mass is 9.90. The first-order chi connectivity index (χ1) is 24.3. The predicted molar refractivity (Wildman–Crippen MR) is 187 cm³/mol. The SMILES string of the molecule is CCNC[C@@H](c1cc(O)c(O)c(O)c1)[C@@H](OC(=O)C=Cc1cc(O)c(O)cc1C=Cc1cc(O)c(O)c2c1-c1cccc(O)c1CCC2)C(=O)O. The molecule has 4 aromatic rings. The van der Waals surface area contributed by atoms with Crippen molar-refractivity contribution in [2.75, 3.05) is 13.1 Å². The van der Waals surface area contributed by atoms with Crippen LogP contribution in [-0.4, -0.2) is 77.1 Å². The van der Waals surface area contributed by atoms with Gasteiger partial charge in [0.15, 0.2) is 40.2 Å². The third kappa shape index (κ3) is 7.63. The number of ether oxygens (including phenoxy) is 1. The van der Waals surface area contributed by atoms with Gasteiger partial charge in [0, 0.05) is 29.7 Å². The molecule has 0 bridgehead atoms. The van der Waals surface area contributed by atoms with Crippen LogP contribution in [0.5, 0.6) is 46.0 Å². The third-order valence-electron chi connectivity index (χ3n) is 8.69. The van der Waals surface area contributed by atoms with Gasteiger partial charge in [-0.15, -0.1) is 0 Å². The molecule has 5 rings (SSSR count). The van der Waals surface area contributed by atoms with E-state index in [1.807, 2.05) is 0 Å². The molecule has 10 N–H and O–H groups in total. The molecule has 266 valence electrons. The Labute approximate surface area is 291 Å². The topological polar surface area (TPSA) is 237 Å². The van der Waals surface area contributed by atoms with Crippen LogP contribution >= 0.6 is 0 Å². The van der Waals surface area contributed by atoms with E-state index in [1.165, 1.54) is 24.3 Å². The van der Waals surface area contributed by atoms with Gasteiger partial charge >= 0.3 is 11.9 Å². The highest BCUT2D eigenvalue weighted by Crippen LogP contribution is 2.46. The number of likely N-dealkylation sites (N-methyl/N-ethyl adjacent to an activating group) is 1. The molecule has 1 aliphatic carbocycles. The van der Waals surface area contributed by atoms with Crippen LogP contribution in [0.3, 0.4) is 0 Å². The lowest BCUT2D eigenvalue weighted by Gasteiger charge is -2.24. The van der Waals surface area contributed by atoms with Crippen LogP contribution in [-0.2, 0) is 27.2 Å². The Hall–Kier alpha value is -6.34. The van der Waals surface area contributed by atoms with E-state index in [-0.39, 0.29) is 40.5 Å². The Kier molecular flexibility index (Phi) is 10.6. The summed E-state index contributed by atoms with van der Waals surface area (Å²) in [6.45, 7) is 2.13. The monoisotopic (exact) mass is 699 g/mol. The predicted octanol–water partition coefficient (Wildman–Crippen LogP) is 5.06. The lowest BCUT2D eigenvalue weighted by Crippen LogP contribution is -2.38. The van der Waals surface area contributed by atoms with Gasteiger partial charge in [0.05, 0.1) is 0 Å². The molecule has 51 heavy (non-hydrogen) atoms. The zero-order chi connectivity index (χ0) is 37.0. The summed E-state index contributed by atoms with van der Waals surface area (Å²) < 4.78 is 5.33. The number of aliphatic carboxylic acids is 1. The fraction of sp³-hybridized carbons (Fsp3) is 0.211. The van der Waals surface area contributed by atoms with Gasteiger partial charge in [-0.25, -0.2) is 9.59 Å². The highest BCUT2D eigenvalue weighted by atomic mass is 16.6. The number of carbonyl (C=O) groups is 2. The van der Waals surface area contributed by atoms with E-state index in [0.717, 1.165) is 18.2 Å². The molecule has 2 atom stereocenters. The summed E-state index contributed by atoms with van der Waals surface area (Å²) in [7, 11) is 0. The molecular weight excluding hydrogens is 662 g/mol. The fourth-order valence-corrected chi connectivity index (χ4v) is 6.18. The maximum atomic E-state index is 13.0. The average Bonchev–Trinajstić information content (AvgIpc) is 3.29. The van der Waals surface area contributed by atoms with E-state index >= 15 is 0 Å². The van der Waals surface area contributed by atoms with E-state index in [4.69, 9.17) is 4.74 Å². The van der Waals surface area contributed by atoms with Crippen LogP contribution in [0.15, 0.2) is 54.6 Å². The lowest BCUT2D eigenvalue weighted by molar-refractivity contribution is -0.162. The van der Waals surface area contributed by atoms with Crippen molar-refractivity contribution in [1.82, 2.24) is 5.32 Å². The molecule has 4 aromatic carbocycles. The largest absolute Gasteiger partial charge is 0.508 e. The molecule has 0 fully saturated rings. The second-order valence-corrected chi connectivity index (χ2v) is 12.0. The number of fused-ring (bicyclic) bond motifs is 3. The van der Waals surface area contributed by atoms with Gasteiger partial charge in [0.2, 0.25) is 6.10 Å². The number of phenols is 8. The molecule has 0 heterocycles. The van der Waals surface area contributed by atoms with E-state index in [0.29, 0.717) is 53.6 Å². The summed E-state index contributed by atoms with van der Waals surface area (Å²) in [5, 5.41) is 95.3. The molecule has 0 aromatic heterocycles. The van der Waals surface area contributed by atoms with Crippen molar-refractivity contribution in [3.05, 3.63) is 88.0 Å². The first kappa shape index (κ1) is 36.0. The summed E-state index contributed by atoms with van der Waals surface area (Å²) in [5.74, 6) is -7.44. The first-order valence-corrected chi connectivity index (χ1v) is 16.0. The summed E-state index contributed by atoms with van der Waals surface area (Å²) in [6.07, 6.45) is 5.06. The molecule has 1 aliphatic rings. The Balaban J connectivity index is 1.49. The van der Waals surface area contributed by atoms with Gasteiger partial charge in [0.25, 0.3) is 0 Å². The van der Waals surface area contributed by atoms with Gasteiger partial charge in [-0.05, 0) is 102 Å². The number of hydrogen-bond donors (Lipinski definition) is 10. The molecule has 0 saturated carbocycles. The Morgan fingerprint density at radius 2 is 1.33 bits per heavy atom. The van der Waals surface area contributed by atoms with E-state index in [1.54, 1.807) is 37.3 Å². The smallest absolute Gasteiger partial charge is 0.345 e. The zero-order valence-corrected chi connectivity index (χ0v) is 27.4. The second kappa shape index (κ2) is 15.0. The molecular formula is C38H37NO12. The number of carboxylic acid groups (broad SMARTS) is 1. The fourth-order valence-electron chi connectivity index (χ4n) is 6.18. The summed E-state index contributed by atoms with van der Waals surface area (Å²) >= 11 is 0. The Bertz CT molecular complexity index is 2030. The zero-order valence-electron chi connectivity index (χ0n) is 27.4. The van der Waals surface area contributed by atoms with Crippen molar-refractivity contribution in [1.29, 1.82) is 0 Å². The van der Waals surface area contributed by atoms with E-state index < -0.39 is 52.7 Å². The van der Waals surface area contributed by atoms with Crippen molar-refractivity contribution in [2.45, 2.75) is 38.2 Å². The van der Waals surface area contributed by atoms with Crippen molar-refractivity contribution in [3.63, 3.8) is 0 Å². The second-order valence-electron chi connectivity index (χ2n) is 12.0. The molecule has 0 radical (unpaired) electrons. The van der Waals surface area contributed by atoms with Crippen LogP contribution < -0.4 is 5.32 Å². The number of esters is 1. The van der Waals surface area contributed by atoms with Crippen molar-refractivity contribution >= 4 is 30.2 Å². The van der Waals surface area contributed by atoms with Crippen molar-refractivity contribution in [2.24, 2.45) is 0 Å². The van der Waals surface area contributed by atoms with Crippen LogP contribution in [0.4, 0.5) is 0 Å². The Morgan fingerprint density at radius 3 is 1.98 bits per heavy atom. The van der Waals surface area contributed by atoms with Gasteiger partial charge in [-0.1, -0.05) is 31.2 Å². The molecule has 13 nitrogen and oxygen atoms in total. The number of phenolic OH excluding ortho intramolecular Hbond substituents is 8. The van der Waals surface area contributed by atoms with Crippen LogP contribution in [0.2, 0.25) is 0 Å². The van der Waals surface area contributed by atoms with Crippen LogP contribution in [0.25, 0.3) is 29.4 Å². The standard InChI is InChI=1S/C38H37NO12/c1-2-39-18-26(22-16-31(44)36(48)32(45)17-22)37(38(49)50)51-33(46)12-11-20-14-29(42)28(41)13-19(20)9-10-21-15-30(43)35(47)25-7-3-5-23-24(34(21)25)6-4-8-27(23)40/h4,6,8-17,26,37,39-45,47-48H,2-3,5,7,18H2,1H3,(H,49,50)/t26-,37+/m0/s1. The van der Waals surface area contributed by atoms with Gasteiger partial charge in [-0.2, -0.15) is 0 Å². The third-order valence-corrected chi connectivity index (χ3v) is 8.69. The summed E-state index contributed by atoms with van der Waals surface area (Å²) in [6, 6.07) is 10.9. The normalized spacial score (nSPS) is 13.7. The number of rotatable bonds is 11. The highest BCUT2D eigenvalue weighted by Gasteiger charge is 2.34. The molecule has 0 saturated heterocycles. The highest BCUT2D eigenvalue weighted by molar-refractivity contribution is 5.92. The quantitative estimate of drug-likeness (QED) is 0.0427. The minimum Gasteiger partial charge on any atom is -0.508 e. The molecule has 0 aliphatic heterocycles. The average molecular weight is 700 g/mol. The number of benzene rings is 4. The minimum absolute atomic E-state index is 0.0461. The summed E-state index contributed by atoms with van der Waals surface area (Å²) in [5.41, 5.74) is 3.48. The van der Waals surface area contributed by atoms with Crippen molar-refractivity contribution < 1.29 is 60.3 Å². The molecule has 13 heteroatoms. The minimum atomic E-state index is -1.81. The molecule has 0 amide bonds. The number of carbonyl (C=O) groups excluding carboxylic acids is 1. The van der Waals surface area contributed by atoms with E-state index in [2.05, 4.69) is 5.32 Å². The van der Waals surface area contributed by atoms with Crippen molar-refractivity contribution in [3.8, 4) is 57.1 Å². The van der Waals surface area contributed by atoms with Gasteiger partial charge in [-0.3, -0.25) is 0 Å². The number of aromatic hydroxyl groups is 8. The summed E-state index contributed by atoms with van der Waals surface area (Å²) in [4.78, 5) is 25.4. The molecule has 0 unspecified atom stereocenters. The Morgan fingerprint density at radius 1 is 0.745 bits per heavy atom. The number of nitrogens with one attached hydrogen (secondary N) is 1. The van der Waals surface area contributed by atoms with E-state index in [9.17, 15) is 55.5 Å². The van der Waals surface area contributed by atoms with Crippen LogP contribution in [0, 0.1) is 0 Å². The van der Waals surface area contributed by atoms with Gasteiger partial charge < -0.3 is 56.0 Å². The van der Waals surface area contributed by atoms with Crippen LogP contribution in [0.1, 0.15) is 52.6 Å².